The van der Waals surface area contributed by atoms with Crippen molar-refractivity contribution in [3.05, 3.63) is 29.8 Å². The van der Waals surface area contributed by atoms with Gasteiger partial charge < -0.3 is 15.5 Å². The average molecular weight is 321 g/mol. The molecular weight excluding hydrogens is 302 g/mol. The molecule has 2 N–H and O–H groups in total. The van der Waals surface area contributed by atoms with Gasteiger partial charge in [-0.3, -0.25) is 14.4 Å². The standard InChI is InChI=1S/C15H19N3O3S/c1-2-11-5-3-4-6-12(11)17-13(19)9-16-14(20)10-18-7-8-22-15(18)21/h3-6H,2,7-10H2,1H3,(H,16,20)(H,17,19). The van der Waals surface area contributed by atoms with Crippen molar-refractivity contribution in [3.63, 3.8) is 0 Å². The summed E-state index contributed by atoms with van der Waals surface area (Å²) in [6.07, 6.45) is 0.817. The number of carbonyl (C=O) groups excluding carboxylic acids is 3. The Kier molecular flexibility index (Phi) is 5.83. The van der Waals surface area contributed by atoms with Gasteiger partial charge in [0.25, 0.3) is 5.24 Å². The molecule has 1 heterocycles. The molecule has 1 aliphatic heterocycles. The van der Waals surface area contributed by atoms with Gasteiger partial charge in [-0.15, -0.1) is 0 Å². The maximum atomic E-state index is 11.9. The molecule has 7 heteroatoms. The summed E-state index contributed by atoms with van der Waals surface area (Å²) in [7, 11) is 0. The fraction of sp³-hybridized carbons (Fsp3) is 0.400. The Labute approximate surface area is 133 Å². The number of benzene rings is 1. The van der Waals surface area contributed by atoms with Crippen LogP contribution in [0.2, 0.25) is 0 Å². The molecule has 6 nitrogen and oxygen atoms in total. The van der Waals surface area contributed by atoms with Crippen LogP contribution in [0.4, 0.5) is 10.5 Å². The summed E-state index contributed by atoms with van der Waals surface area (Å²) in [5.41, 5.74) is 1.80. The molecule has 22 heavy (non-hydrogen) atoms. The summed E-state index contributed by atoms with van der Waals surface area (Å²) in [6, 6.07) is 7.55. The number of nitrogens with zero attached hydrogens (tertiary/aromatic N) is 1. The summed E-state index contributed by atoms with van der Waals surface area (Å²) in [5.74, 6) is 0.103. The summed E-state index contributed by atoms with van der Waals surface area (Å²) in [6.45, 7) is 2.49. The first-order chi connectivity index (χ1) is 10.6. The highest BCUT2D eigenvalue weighted by atomic mass is 32.2. The third-order valence-corrected chi connectivity index (χ3v) is 4.19. The van der Waals surface area contributed by atoms with E-state index >= 15 is 0 Å². The molecule has 0 spiro atoms. The lowest BCUT2D eigenvalue weighted by molar-refractivity contribution is -0.124. The van der Waals surface area contributed by atoms with Crippen molar-refractivity contribution in [2.24, 2.45) is 0 Å². The number of thioether (sulfide) groups is 1. The molecule has 0 atom stereocenters. The van der Waals surface area contributed by atoms with E-state index in [0.29, 0.717) is 12.3 Å². The second kappa shape index (κ2) is 7.84. The van der Waals surface area contributed by atoms with Gasteiger partial charge in [0.05, 0.1) is 6.54 Å². The number of hydrogen-bond acceptors (Lipinski definition) is 4. The van der Waals surface area contributed by atoms with Gasteiger partial charge >= 0.3 is 0 Å². The minimum Gasteiger partial charge on any atom is -0.345 e. The molecule has 1 aliphatic rings. The number of rotatable bonds is 6. The van der Waals surface area contributed by atoms with Crippen LogP contribution in [0.15, 0.2) is 24.3 Å². The van der Waals surface area contributed by atoms with Crippen LogP contribution in [0.3, 0.4) is 0 Å². The predicted octanol–water partition coefficient (Wildman–Crippen LogP) is 1.47. The highest BCUT2D eigenvalue weighted by Crippen LogP contribution is 2.16. The van der Waals surface area contributed by atoms with Gasteiger partial charge in [0.1, 0.15) is 6.54 Å². The van der Waals surface area contributed by atoms with E-state index in [-0.39, 0.29) is 30.1 Å². The lowest BCUT2D eigenvalue weighted by atomic mass is 10.1. The molecule has 118 valence electrons. The zero-order valence-electron chi connectivity index (χ0n) is 12.4. The van der Waals surface area contributed by atoms with E-state index in [1.807, 2.05) is 31.2 Å². The first kappa shape index (κ1) is 16.4. The zero-order chi connectivity index (χ0) is 15.9. The summed E-state index contributed by atoms with van der Waals surface area (Å²) in [5, 5.41) is 5.23. The Morgan fingerprint density at radius 3 is 2.73 bits per heavy atom. The molecule has 0 saturated carbocycles. The van der Waals surface area contributed by atoms with Gasteiger partial charge in [-0.25, -0.2) is 0 Å². The molecule has 1 aromatic rings. The normalized spacial score (nSPS) is 14.0. The number of anilines is 1. The summed E-state index contributed by atoms with van der Waals surface area (Å²) >= 11 is 1.21. The van der Waals surface area contributed by atoms with Gasteiger partial charge in [0, 0.05) is 18.0 Å². The number of hydrogen-bond donors (Lipinski definition) is 2. The van der Waals surface area contributed by atoms with E-state index < -0.39 is 0 Å². The van der Waals surface area contributed by atoms with Crippen LogP contribution >= 0.6 is 11.8 Å². The van der Waals surface area contributed by atoms with Gasteiger partial charge in [0.15, 0.2) is 0 Å². The molecule has 1 saturated heterocycles. The minimum atomic E-state index is -0.324. The van der Waals surface area contributed by atoms with Crippen molar-refractivity contribution in [2.45, 2.75) is 13.3 Å². The molecule has 0 radical (unpaired) electrons. The van der Waals surface area contributed by atoms with E-state index in [1.54, 1.807) is 0 Å². The van der Waals surface area contributed by atoms with Gasteiger partial charge in [-0.2, -0.15) is 0 Å². The monoisotopic (exact) mass is 321 g/mol. The lowest BCUT2D eigenvalue weighted by Gasteiger charge is -2.14. The number of para-hydroxylation sites is 1. The third kappa shape index (κ3) is 4.49. The second-order valence-electron chi connectivity index (χ2n) is 4.87. The van der Waals surface area contributed by atoms with Gasteiger partial charge in [0.2, 0.25) is 11.8 Å². The van der Waals surface area contributed by atoms with Gasteiger partial charge in [-0.1, -0.05) is 36.9 Å². The minimum absolute atomic E-state index is 0.00462. The summed E-state index contributed by atoms with van der Waals surface area (Å²) in [4.78, 5) is 36.5. The Hall–Kier alpha value is -2.02. The Morgan fingerprint density at radius 1 is 1.27 bits per heavy atom. The van der Waals surface area contributed by atoms with Crippen molar-refractivity contribution in [2.75, 3.05) is 30.7 Å². The van der Waals surface area contributed by atoms with Crippen LogP contribution in [0.5, 0.6) is 0 Å². The van der Waals surface area contributed by atoms with Crippen LogP contribution in [0, 0.1) is 0 Å². The first-order valence-corrected chi connectivity index (χ1v) is 8.15. The molecular formula is C15H19N3O3S. The van der Waals surface area contributed by atoms with E-state index in [2.05, 4.69) is 10.6 Å². The molecule has 3 amide bonds. The predicted molar refractivity (Wildman–Crippen MR) is 86.9 cm³/mol. The fourth-order valence-electron chi connectivity index (χ4n) is 2.12. The molecule has 2 rings (SSSR count). The SMILES string of the molecule is CCc1ccccc1NC(=O)CNC(=O)CN1CCSC1=O. The van der Waals surface area contributed by atoms with Gasteiger partial charge in [-0.05, 0) is 18.1 Å². The average Bonchev–Trinajstić information content (AvgIpc) is 2.91. The molecule has 1 fully saturated rings. The first-order valence-electron chi connectivity index (χ1n) is 7.16. The van der Waals surface area contributed by atoms with Crippen molar-refractivity contribution < 1.29 is 14.4 Å². The fourth-order valence-corrected chi connectivity index (χ4v) is 2.95. The molecule has 0 aliphatic carbocycles. The lowest BCUT2D eigenvalue weighted by Crippen LogP contribution is -2.40. The third-order valence-electron chi connectivity index (χ3n) is 3.30. The topological polar surface area (TPSA) is 78.5 Å². The van der Waals surface area contributed by atoms with E-state index in [1.165, 1.54) is 16.7 Å². The number of aryl methyl sites for hydroxylation is 1. The van der Waals surface area contributed by atoms with E-state index in [4.69, 9.17) is 0 Å². The van der Waals surface area contributed by atoms with Crippen molar-refractivity contribution >= 4 is 34.5 Å². The van der Waals surface area contributed by atoms with Crippen LogP contribution < -0.4 is 10.6 Å². The van der Waals surface area contributed by atoms with E-state index in [0.717, 1.165) is 17.7 Å². The van der Waals surface area contributed by atoms with Crippen molar-refractivity contribution in [1.82, 2.24) is 10.2 Å². The molecule has 1 aromatic carbocycles. The number of nitrogens with one attached hydrogen (secondary N) is 2. The second-order valence-corrected chi connectivity index (χ2v) is 5.92. The van der Waals surface area contributed by atoms with Crippen molar-refractivity contribution in [3.8, 4) is 0 Å². The van der Waals surface area contributed by atoms with Crippen LogP contribution in [-0.2, 0) is 16.0 Å². The molecule has 0 bridgehead atoms. The Balaban J connectivity index is 1.77. The quantitative estimate of drug-likeness (QED) is 0.832. The molecule has 0 unspecified atom stereocenters. The Bertz CT molecular complexity index is 577. The van der Waals surface area contributed by atoms with Crippen LogP contribution in [0.1, 0.15) is 12.5 Å². The smallest absolute Gasteiger partial charge is 0.282 e. The maximum Gasteiger partial charge on any atom is 0.282 e. The highest BCUT2D eigenvalue weighted by molar-refractivity contribution is 8.13. The van der Waals surface area contributed by atoms with Crippen molar-refractivity contribution in [1.29, 1.82) is 0 Å². The number of amides is 3. The summed E-state index contributed by atoms with van der Waals surface area (Å²) < 4.78 is 0. The zero-order valence-corrected chi connectivity index (χ0v) is 13.2. The number of carbonyl (C=O) groups is 3. The molecule has 0 aromatic heterocycles. The maximum absolute atomic E-state index is 11.9. The highest BCUT2D eigenvalue weighted by Gasteiger charge is 2.23. The van der Waals surface area contributed by atoms with E-state index in [9.17, 15) is 14.4 Å². The van der Waals surface area contributed by atoms with Crippen LogP contribution in [-0.4, -0.2) is 47.3 Å². The van der Waals surface area contributed by atoms with Crippen LogP contribution in [0.25, 0.3) is 0 Å². The Morgan fingerprint density at radius 2 is 2.05 bits per heavy atom. The largest absolute Gasteiger partial charge is 0.345 e.